The Hall–Kier alpha value is -2.77. The molecule has 1 saturated heterocycles. The molecule has 1 aromatic carbocycles. The molecular weight excluding hydrogens is 338 g/mol. The number of benzene rings is 1. The molecule has 26 heavy (non-hydrogen) atoms. The Labute approximate surface area is 152 Å². The van der Waals surface area contributed by atoms with Gasteiger partial charge in [-0.25, -0.2) is 4.79 Å². The molecule has 1 aliphatic heterocycles. The first-order chi connectivity index (χ1) is 12.3. The van der Waals surface area contributed by atoms with E-state index in [9.17, 15) is 19.5 Å². The van der Waals surface area contributed by atoms with E-state index in [0.717, 1.165) is 5.56 Å². The summed E-state index contributed by atoms with van der Waals surface area (Å²) in [6.45, 7) is 4.42. The molecule has 1 aromatic rings. The molecule has 1 heterocycles. The largest absolute Gasteiger partial charge is 0.484 e. The van der Waals surface area contributed by atoms with Gasteiger partial charge in [-0.3, -0.25) is 9.59 Å². The first kappa shape index (κ1) is 19.6. The molecule has 1 fully saturated rings. The smallest absolute Gasteiger partial charge is 0.321 e. The van der Waals surface area contributed by atoms with Crippen molar-refractivity contribution in [2.75, 3.05) is 32.1 Å². The monoisotopic (exact) mass is 363 g/mol. The van der Waals surface area contributed by atoms with E-state index in [2.05, 4.69) is 10.6 Å². The molecule has 0 saturated carbocycles. The van der Waals surface area contributed by atoms with E-state index in [0.29, 0.717) is 24.4 Å². The highest BCUT2D eigenvalue weighted by molar-refractivity contribution is 5.90. The van der Waals surface area contributed by atoms with Gasteiger partial charge in [-0.2, -0.15) is 0 Å². The summed E-state index contributed by atoms with van der Waals surface area (Å²) in [7, 11) is 1.53. The second-order valence-corrected chi connectivity index (χ2v) is 6.65. The lowest BCUT2D eigenvalue weighted by Crippen LogP contribution is -2.47. The van der Waals surface area contributed by atoms with Crippen LogP contribution >= 0.6 is 0 Å². The minimum absolute atomic E-state index is 0.0795. The number of nitrogens with one attached hydrogen (secondary N) is 2. The Bertz CT molecular complexity index is 691. The predicted molar refractivity (Wildman–Crippen MR) is 96.2 cm³/mol. The third-order valence-corrected chi connectivity index (χ3v) is 4.38. The van der Waals surface area contributed by atoms with Gasteiger partial charge >= 0.3 is 12.0 Å². The fraction of sp³-hybridized carbons (Fsp3) is 0.500. The molecule has 0 aliphatic carbocycles. The fourth-order valence-corrected chi connectivity index (χ4v) is 2.98. The van der Waals surface area contributed by atoms with E-state index in [4.69, 9.17) is 4.74 Å². The minimum atomic E-state index is -0.872. The number of aryl methyl sites for hydroxylation is 1. The standard InChI is InChI=1S/C18H25N3O5/c1-11-6-13(17(23)24)9-21(8-11)18(25)20-15-5-4-14(7-12(15)2)26-10-16(22)19-3/h4-5,7,11,13H,6,8-10H2,1-3H3,(H,19,22)(H,20,25)(H,23,24). The maximum atomic E-state index is 12.5. The number of likely N-dealkylation sites (tertiary alicyclic amines) is 1. The molecule has 142 valence electrons. The lowest BCUT2D eigenvalue weighted by Gasteiger charge is -2.34. The maximum Gasteiger partial charge on any atom is 0.321 e. The van der Waals surface area contributed by atoms with Crippen molar-refractivity contribution in [1.29, 1.82) is 0 Å². The molecule has 2 atom stereocenters. The predicted octanol–water partition coefficient (Wildman–Crippen LogP) is 1.69. The molecular formula is C18H25N3O5. The van der Waals surface area contributed by atoms with Crippen LogP contribution in [0.25, 0.3) is 0 Å². The Morgan fingerprint density at radius 2 is 2.04 bits per heavy atom. The Kier molecular flexibility index (Phi) is 6.43. The lowest BCUT2D eigenvalue weighted by molar-refractivity contribution is -0.143. The van der Waals surface area contributed by atoms with E-state index in [1.54, 1.807) is 23.1 Å². The normalized spacial score (nSPS) is 19.6. The van der Waals surface area contributed by atoms with Gasteiger partial charge in [-0.1, -0.05) is 6.92 Å². The summed E-state index contributed by atoms with van der Waals surface area (Å²) < 4.78 is 5.37. The molecule has 0 spiro atoms. The van der Waals surface area contributed by atoms with Crippen molar-refractivity contribution in [2.45, 2.75) is 20.3 Å². The zero-order valence-electron chi connectivity index (χ0n) is 15.2. The van der Waals surface area contributed by atoms with Crippen LogP contribution in [0.2, 0.25) is 0 Å². The summed E-state index contributed by atoms with van der Waals surface area (Å²) in [6.07, 6.45) is 0.579. The highest BCUT2D eigenvalue weighted by atomic mass is 16.5. The summed E-state index contributed by atoms with van der Waals surface area (Å²) in [6, 6.07) is 4.79. The summed E-state index contributed by atoms with van der Waals surface area (Å²) in [4.78, 5) is 36.5. The number of hydrogen-bond donors (Lipinski definition) is 3. The number of nitrogens with zero attached hydrogens (tertiary/aromatic N) is 1. The maximum absolute atomic E-state index is 12.5. The van der Waals surface area contributed by atoms with Crippen molar-refractivity contribution in [3.63, 3.8) is 0 Å². The number of aliphatic carboxylic acids is 1. The summed E-state index contributed by atoms with van der Waals surface area (Å²) in [5.41, 5.74) is 1.40. The van der Waals surface area contributed by atoms with Crippen molar-refractivity contribution in [3.8, 4) is 5.75 Å². The van der Waals surface area contributed by atoms with Crippen LogP contribution in [0.3, 0.4) is 0 Å². The second kappa shape index (κ2) is 8.55. The first-order valence-electron chi connectivity index (χ1n) is 8.53. The van der Waals surface area contributed by atoms with E-state index in [1.807, 2.05) is 13.8 Å². The van der Waals surface area contributed by atoms with Gasteiger partial charge in [0.2, 0.25) is 0 Å². The minimum Gasteiger partial charge on any atom is -0.484 e. The molecule has 8 nitrogen and oxygen atoms in total. The molecule has 2 rings (SSSR count). The van der Waals surface area contributed by atoms with Gasteiger partial charge in [-0.05, 0) is 43.0 Å². The van der Waals surface area contributed by atoms with Crippen LogP contribution < -0.4 is 15.4 Å². The Balaban J connectivity index is 2.00. The van der Waals surface area contributed by atoms with Crippen LogP contribution in [0.15, 0.2) is 18.2 Å². The number of amides is 3. The molecule has 0 bridgehead atoms. The van der Waals surface area contributed by atoms with Gasteiger partial charge in [0.25, 0.3) is 5.91 Å². The number of urea groups is 1. The lowest BCUT2D eigenvalue weighted by atomic mass is 9.91. The van der Waals surface area contributed by atoms with Crippen molar-refractivity contribution in [3.05, 3.63) is 23.8 Å². The zero-order chi connectivity index (χ0) is 19.3. The summed E-state index contributed by atoms with van der Waals surface area (Å²) >= 11 is 0. The number of carboxylic acids is 1. The Morgan fingerprint density at radius 1 is 1.31 bits per heavy atom. The number of ether oxygens (including phenoxy) is 1. The van der Waals surface area contributed by atoms with E-state index >= 15 is 0 Å². The van der Waals surface area contributed by atoms with E-state index < -0.39 is 11.9 Å². The molecule has 3 amide bonds. The van der Waals surface area contributed by atoms with Gasteiger partial charge < -0.3 is 25.4 Å². The van der Waals surface area contributed by atoms with E-state index in [-0.39, 0.29) is 31.0 Å². The number of carbonyl (C=O) groups excluding carboxylic acids is 2. The van der Waals surface area contributed by atoms with Crippen LogP contribution in [0.4, 0.5) is 10.5 Å². The van der Waals surface area contributed by atoms with Crippen LogP contribution in [0, 0.1) is 18.8 Å². The molecule has 0 radical (unpaired) electrons. The van der Waals surface area contributed by atoms with Gasteiger partial charge in [0.05, 0.1) is 5.92 Å². The Morgan fingerprint density at radius 3 is 2.65 bits per heavy atom. The molecule has 2 unspecified atom stereocenters. The van der Waals surface area contributed by atoms with Crippen LogP contribution in [0.1, 0.15) is 18.9 Å². The number of hydrogen-bond acceptors (Lipinski definition) is 4. The van der Waals surface area contributed by atoms with Gasteiger partial charge in [-0.15, -0.1) is 0 Å². The van der Waals surface area contributed by atoms with Crippen molar-refractivity contribution in [2.24, 2.45) is 11.8 Å². The average Bonchev–Trinajstić information content (AvgIpc) is 2.60. The van der Waals surface area contributed by atoms with Crippen LogP contribution in [-0.4, -0.2) is 54.7 Å². The zero-order valence-corrected chi connectivity index (χ0v) is 15.2. The van der Waals surface area contributed by atoms with E-state index in [1.165, 1.54) is 7.05 Å². The highest BCUT2D eigenvalue weighted by Crippen LogP contribution is 2.25. The number of piperidine rings is 1. The molecule has 8 heteroatoms. The molecule has 0 aromatic heterocycles. The second-order valence-electron chi connectivity index (χ2n) is 6.65. The highest BCUT2D eigenvalue weighted by Gasteiger charge is 2.32. The number of anilines is 1. The SMILES string of the molecule is CNC(=O)COc1ccc(NC(=O)N2CC(C)CC(C(=O)O)C2)c(C)c1. The van der Waals surface area contributed by atoms with Crippen molar-refractivity contribution in [1.82, 2.24) is 10.2 Å². The molecule has 1 aliphatic rings. The van der Waals surface area contributed by atoms with Gasteiger partial charge in [0, 0.05) is 25.8 Å². The van der Waals surface area contributed by atoms with Crippen molar-refractivity contribution >= 4 is 23.6 Å². The van der Waals surface area contributed by atoms with Gasteiger partial charge in [0.1, 0.15) is 5.75 Å². The third kappa shape index (κ3) is 5.11. The van der Waals surface area contributed by atoms with Crippen LogP contribution in [0.5, 0.6) is 5.75 Å². The fourth-order valence-electron chi connectivity index (χ4n) is 2.98. The van der Waals surface area contributed by atoms with Crippen molar-refractivity contribution < 1.29 is 24.2 Å². The quantitative estimate of drug-likeness (QED) is 0.738. The number of likely N-dealkylation sites (N-methyl/N-ethyl adjacent to an activating group) is 1. The third-order valence-electron chi connectivity index (χ3n) is 4.38. The first-order valence-corrected chi connectivity index (χ1v) is 8.53. The summed E-state index contributed by atoms with van der Waals surface area (Å²) in [5, 5.41) is 14.5. The topological polar surface area (TPSA) is 108 Å². The molecule has 3 N–H and O–H groups in total. The number of rotatable bonds is 5. The summed E-state index contributed by atoms with van der Waals surface area (Å²) in [5.74, 6) is -0.972. The average molecular weight is 363 g/mol. The number of carboxylic acid groups (broad SMARTS) is 1. The number of carbonyl (C=O) groups is 3. The van der Waals surface area contributed by atoms with Gasteiger partial charge in [0.15, 0.2) is 6.61 Å². The van der Waals surface area contributed by atoms with Crippen LogP contribution in [-0.2, 0) is 9.59 Å².